The third-order valence-electron chi connectivity index (χ3n) is 4.86. The molecule has 182 valence electrons. The van der Waals surface area contributed by atoms with E-state index in [1.54, 1.807) is 36.4 Å². The first-order chi connectivity index (χ1) is 15.7. The van der Waals surface area contributed by atoms with Crippen molar-refractivity contribution in [1.29, 1.82) is 0 Å². The molecule has 3 rings (SSSR count). The van der Waals surface area contributed by atoms with Gasteiger partial charge in [0.2, 0.25) is 9.84 Å². The lowest BCUT2D eigenvalue weighted by atomic mass is 10.1. The fraction of sp³-hybridized carbons (Fsp3) is 0.208. The molecule has 0 aromatic heterocycles. The number of benzene rings is 3. The molecule has 0 saturated heterocycles. The van der Waals surface area contributed by atoms with Crippen LogP contribution in [0.15, 0.2) is 76.5 Å². The van der Waals surface area contributed by atoms with Gasteiger partial charge >= 0.3 is 5.97 Å². The molecule has 34 heavy (non-hydrogen) atoms. The number of hydrogen-bond donors (Lipinski definition) is 2. The number of carbonyl (C=O) groups is 1. The minimum atomic E-state index is -3.93. The predicted molar refractivity (Wildman–Crippen MR) is 130 cm³/mol. The summed E-state index contributed by atoms with van der Waals surface area (Å²) in [6.45, 7) is 2.05. The number of halogens is 3. The zero-order valence-corrected chi connectivity index (χ0v) is 20.6. The Morgan fingerprint density at radius 2 is 1.76 bits per heavy atom. The molecular formula is C24H24Cl2FNO5S. The SMILES string of the molecule is CC(=O)Oc1ccc(S(=O)(=O)c2ccc(CCNC[C@@H](O)c3cccc(Cl)c3)cc2)cc1F.Cl. The monoisotopic (exact) mass is 527 g/mol. The normalized spacial score (nSPS) is 12.0. The summed E-state index contributed by atoms with van der Waals surface area (Å²) in [6.07, 6.45) is -0.0715. The summed E-state index contributed by atoms with van der Waals surface area (Å²) in [5, 5.41) is 13.9. The van der Waals surface area contributed by atoms with Crippen LogP contribution in [0.2, 0.25) is 5.02 Å². The lowest BCUT2D eigenvalue weighted by molar-refractivity contribution is -0.132. The number of hydrogen-bond acceptors (Lipinski definition) is 6. The number of aliphatic hydroxyl groups is 1. The Balaban J connectivity index is 0.00000408. The molecule has 0 bridgehead atoms. The number of ether oxygens (including phenoxy) is 1. The van der Waals surface area contributed by atoms with Crippen LogP contribution >= 0.6 is 24.0 Å². The molecule has 0 unspecified atom stereocenters. The molecule has 3 aromatic rings. The maximum absolute atomic E-state index is 14.1. The molecule has 0 radical (unpaired) electrons. The number of aliphatic hydroxyl groups excluding tert-OH is 1. The molecule has 0 aliphatic heterocycles. The van der Waals surface area contributed by atoms with Gasteiger partial charge in [0, 0.05) is 18.5 Å². The van der Waals surface area contributed by atoms with E-state index in [0.717, 1.165) is 30.2 Å². The highest BCUT2D eigenvalue weighted by Gasteiger charge is 2.20. The quantitative estimate of drug-likeness (QED) is 0.241. The van der Waals surface area contributed by atoms with Crippen LogP contribution in [0, 0.1) is 5.82 Å². The largest absolute Gasteiger partial charge is 0.424 e. The first kappa shape index (κ1) is 27.8. The smallest absolute Gasteiger partial charge is 0.308 e. The lowest BCUT2D eigenvalue weighted by Gasteiger charge is -2.13. The maximum atomic E-state index is 14.1. The molecule has 6 nitrogen and oxygen atoms in total. The van der Waals surface area contributed by atoms with Crippen molar-refractivity contribution in [2.24, 2.45) is 0 Å². The molecule has 0 spiro atoms. The Kier molecular flexibility index (Phi) is 10.0. The van der Waals surface area contributed by atoms with Crippen molar-refractivity contribution in [2.75, 3.05) is 13.1 Å². The van der Waals surface area contributed by atoms with E-state index >= 15 is 0 Å². The van der Waals surface area contributed by atoms with Crippen LogP contribution in [0.5, 0.6) is 5.75 Å². The lowest BCUT2D eigenvalue weighted by Crippen LogP contribution is -2.23. The van der Waals surface area contributed by atoms with E-state index in [1.165, 1.54) is 18.2 Å². The fourth-order valence-electron chi connectivity index (χ4n) is 3.16. The number of esters is 1. The molecule has 10 heteroatoms. The van der Waals surface area contributed by atoms with Gasteiger partial charge in [-0.2, -0.15) is 0 Å². The second-order valence-corrected chi connectivity index (χ2v) is 9.74. The topological polar surface area (TPSA) is 92.7 Å². The standard InChI is InChI=1S/C24H23ClFNO5S.ClH/c1-16(28)32-24-10-9-21(14-22(24)26)33(30,31)20-7-5-17(6-8-20)11-12-27-15-23(29)18-3-2-4-19(25)13-18;/h2-10,13-14,23,27,29H,11-12,15H2,1H3;1H/t23-;/m1./s1. The van der Waals surface area contributed by atoms with Gasteiger partial charge in [0.1, 0.15) is 0 Å². The minimum Gasteiger partial charge on any atom is -0.424 e. The Morgan fingerprint density at radius 3 is 2.38 bits per heavy atom. The molecule has 0 fully saturated rings. The van der Waals surface area contributed by atoms with Gasteiger partial charge in [-0.05, 0) is 66.6 Å². The van der Waals surface area contributed by atoms with E-state index in [9.17, 15) is 22.7 Å². The van der Waals surface area contributed by atoms with E-state index in [-0.39, 0.29) is 27.9 Å². The molecule has 0 amide bonds. The van der Waals surface area contributed by atoms with Crippen molar-refractivity contribution in [1.82, 2.24) is 5.32 Å². The van der Waals surface area contributed by atoms with E-state index in [0.29, 0.717) is 24.5 Å². The van der Waals surface area contributed by atoms with Crippen LogP contribution < -0.4 is 10.1 Å². The van der Waals surface area contributed by atoms with Crippen molar-refractivity contribution in [3.8, 4) is 5.75 Å². The van der Waals surface area contributed by atoms with Gasteiger partial charge < -0.3 is 15.2 Å². The maximum Gasteiger partial charge on any atom is 0.308 e. The molecule has 3 aromatic carbocycles. The van der Waals surface area contributed by atoms with Crippen LogP contribution in [0.3, 0.4) is 0 Å². The summed E-state index contributed by atoms with van der Waals surface area (Å²) in [5.74, 6) is -1.97. The molecule has 0 heterocycles. The van der Waals surface area contributed by atoms with Gasteiger partial charge in [-0.1, -0.05) is 35.9 Å². The van der Waals surface area contributed by atoms with Crippen LogP contribution in [0.1, 0.15) is 24.2 Å². The first-order valence-corrected chi connectivity index (χ1v) is 12.0. The average Bonchev–Trinajstić information content (AvgIpc) is 2.78. The van der Waals surface area contributed by atoms with Gasteiger partial charge in [-0.3, -0.25) is 4.79 Å². The Morgan fingerprint density at radius 1 is 1.09 bits per heavy atom. The Hall–Kier alpha value is -2.49. The van der Waals surface area contributed by atoms with Gasteiger partial charge in [-0.25, -0.2) is 12.8 Å². The van der Waals surface area contributed by atoms with Crippen molar-refractivity contribution >= 4 is 39.8 Å². The van der Waals surface area contributed by atoms with Gasteiger partial charge in [-0.15, -0.1) is 12.4 Å². The van der Waals surface area contributed by atoms with Gasteiger partial charge in [0.15, 0.2) is 11.6 Å². The van der Waals surface area contributed by atoms with Crippen molar-refractivity contribution in [3.05, 3.63) is 88.7 Å². The highest BCUT2D eigenvalue weighted by atomic mass is 35.5. The first-order valence-electron chi connectivity index (χ1n) is 10.1. The van der Waals surface area contributed by atoms with Crippen LogP contribution in [-0.4, -0.2) is 32.6 Å². The van der Waals surface area contributed by atoms with E-state index in [4.69, 9.17) is 11.6 Å². The Bertz CT molecular complexity index is 1240. The van der Waals surface area contributed by atoms with E-state index in [2.05, 4.69) is 10.1 Å². The third-order valence-corrected chi connectivity index (χ3v) is 6.86. The number of rotatable bonds is 9. The summed E-state index contributed by atoms with van der Waals surface area (Å²) in [7, 11) is -3.93. The number of nitrogens with one attached hydrogen (secondary N) is 1. The van der Waals surface area contributed by atoms with Crippen molar-refractivity contribution < 1.29 is 27.4 Å². The van der Waals surface area contributed by atoms with Gasteiger partial charge in [0.25, 0.3) is 0 Å². The fourth-order valence-corrected chi connectivity index (χ4v) is 4.63. The molecule has 0 aliphatic carbocycles. The number of sulfone groups is 1. The zero-order valence-electron chi connectivity index (χ0n) is 18.2. The molecular weight excluding hydrogens is 504 g/mol. The van der Waals surface area contributed by atoms with Crippen LogP contribution in [-0.2, 0) is 21.1 Å². The highest BCUT2D eigenvalue weighted by Crippen LogP contribution is 2.26. The van der Waals surface area contributed by atoms with Crippen LogP contribution in [0.4, 0.5) is 4.39 Å². The zero-order chi connectivity index (χ0) is 24.0. The minimum absolute atomic E-state index is 0. The number of carbonyl (C=O) groups excluding carboxylic acids is 1. The summed E-state index contributed by atoms with van der Waals surface area (Å²) in [4.78, 5) is 10.8. The summed E-state index contributed by atoms with van der Waals surface area (Å²) < 4.78 is 44.4. The second kappa shape index (κ2) is 12.3. The highest BCUT2D eigenvalue weighted by molar-refractivity contribution is 7.91. The predicted octanol–water partition coefficient (Wildman–Crippen LogP) is 4.52. The van der Waals surface area contributed by atoms with Gasteiger partial charge in [0.05, 0.1) is 15.9 Å². The Labute approximate surface area is 209 Å². The van der Waals surface area contributed by atoms with Crippen molar-refractivity contribution in [3.63, 3.8) is 0 Å². The molecule has 0 aliphatic rings. The average molecular weight is 528 g/mol. The van der Waals surface area contributed by atoms with E-state index < -0.39 is 27.7 Å². The summed E-state index contributed by atoms with van der Waals surface area (Å²) >= 11 is 5.94. The second-order valence-electron chi connectivity index (χ2n) is 7.36. The summed E-state index contributed by atoms with van der Waals surface area (Å²) in [6, 6.07) is 16.5. The molecule has 2 N–H and O–H groups in total. The van der Waals surface area contributed by atoms with Crippen LogP contribution in [0.25, 0.3) is 0 Å². The molecule has 0 saturated carbocycles. The van der Waals surface area contributed by atoms with E-state index in [1.807, 2.05) is 0 Å². The molecule has 1 atom stereocenters. The van der Waals surface area contributed by atoms with Crippen molar-refractivity contribution in [2.45, 2.75) is 29.2 Å². The third kappa shape index (κ3) is 7.25. The summed E-state index contributed by atoms with van der Waals surface area (Å²) in [5.41, 5.74) is 1.62.